The van der Waals surface area contributed by atoms with Crippen molar-refractivity contribution in [3.8, 4) is 0 Å². The van der Waals surface area contributed by atoms with E-state index in [-0.39, 0.29) is 5.92 Å². The predicted octanol–water partition coefficient (Wildman–Crippen LogP) is 3.27. The molecule has 1 fully saturated rings. The first-order valence-electron chi connectivity index (χ1n) is 7.21. The van der Waals surface area contributed by atoms with Crippen molar-refractivity contribution < 1.29 is 15.0 Å². The molecule has 3 rings (SSSR count). The van der Waals surface area contributed by atoms with Gasteiger partial charge in [0.15, 0.2) is 0 Å². The molecule has 0 bridgehead atoms. The zero-order chi connectivity index (χ0) is 14.9. The number of H-pyrrole nitrogens is 1. The van der Waals surface area contributed by atoms with E-state index in [4.69, 9.17) is 5.11 Å². The van der Waals surface area contributed by atoms with Gasteiger partial charge in [0, 0.05) is 16.7 Å². The maximum absolute atomic E-state index is 11.0. The summed E-state index contributed by atoms with van der Waals surface area (Å²) in [5, 5.41) is 21.8. The van der Waals surface area contributed by atoms with E-state index in [2.05, 4.69) is 17.1 Å². The van der Waals surface area contributed by atoms with E-state index in [1.54, 1.807) is 11.8 Å². The molecule has 0 saturated heterocycles. The Balaban J connectivity index is 1.60. The number of rotatable bonds is 4. The largest absolute Gasteiger partial charge is 0.481 e. The van der Waals surface area contributed by atoms with Crippen LogP contribution in [-0.4, -0.2) is 32.5 Å². The average Bonchev–Trinajstić information content (AvgIpc) is 2.89. The van der Waals surface area contributed by atoms with Crippen LogP contribution >= 0.6 is 11.8 Å². The summed E-state index contributed by atoms with van der Waals surface area (Å²) in [6.07, 6.45) is 2.27. The molecule has 0 atom stereocenters. The van der Waals surface area contributed by atoms with Gasteiger partial charge in [-0.1, -0.05) is 18.2 Å². The molecule has 0 radical (unpaired) electrons. The third kappa shape index (κ3) is 3.24. The fourth-order valence-corrected chi connectivity index (χ4v) is 3.99. The average molecular weight is 305 g/mol. The maximum atomic E-state index is 11.0. The SMILES string of the molecule is O=C(O)C1CCC(O)(CSc2cc3ccccc3[nH]2)CC1. The van der Waals surface area contributed by atoms with Gasteiger partial charge in [0.05, 0.1) is 16.5 Å². The molecule has 3 N–H and O–H groups in total. The number of fused-ring (bicyclic) bond motifs is 1. The third-order valence-electron chi connectivity index (χ3n) is 4.27. The highest BCUT2D eigenvalue weighted by molar-refractivity contribution is 7.99. The number of carboxylic acid groups (broad SMARTS) is 1. The number of aromatic nitrogens is 1. The van der Waals surface area contributed by atoms with Gasteiger partial charge in [-0.3, -0.25) is 4.79 Å². The van der Waals surface area contributed by atoms with Crippen molar-refractivity contribution in [3.05, 3.63) is 30.3 Å². The van der Waals surface area contributed by atoms with Crippen LogP contribution in [0.25, 0.3) is 10.9 Å². The van der Waals surface area contributed by atoms with Crippen molar-refractivity contribution in [3.63, 3.8) is 0 Å². The van der Waals surface area contributed by atoms with Crippen LogP contribution in [0.4, 0.5) is 0 Å². The minimum Gasteiger partial charge on any atom is -0.481 e. The third-order valence-corrected chi connectivity index (χ3v) is 5.48. The number of para-hydroxylation sites is 1. The fourth-order valence-electron chi connectivity index (χ4n) is 2.88. The van der Waals surface area contributed by atoms with E-state index in [1.807, 2.05) is 18.2 Å². The van der Waals surface area contributed by atoms with Gasteiger partial charge in [0.2, 0.25) is 0 Å². The lowest BCUT2D eigenvalue weighted by Gasteiger charge is -2.34. The molecule has 21 heavy (non-hydrogen) atoms. The Morgan fingerprint density at radius 2 is 2.05 bits per heavy atom. The molecule has 2 aromatic rings. The zero-order valence-corrected chi connectivity index (χ0v) is 12.5. The first-order valence-corrected chi connectivity index (χ1v) is 8.20. The van der Waals surface area contributed by atoms with E-state index in [0.717, 1.165) is 10.5 Å². The molecule has 1 heterocycles. The van der Waals surface area contributed by atoms with Crippen molar-refractivity contribution in [2.24, 2.45) is 5.92 Å². The van der Waals surface area contributed by atoms with E-state index >= 15 is 0 Å². The van der Waals surface area contributed by atoms with Crippen LogP contribution in [-0.2, 0) is 4.79 Å². The molecule has 0 amide bonds. The number of benzene rings is 1. The molecule has 1 aromatic carbocycles. The van der Waals surface area contributed by atoms with Crippen LogP contribution in [0.1, 0.15) is 25.7 Å². The second kappa shape index (κ2) is 5.73. The lowest BCUT2D eigenvalue weighted by molar-refractivity contribution is -0.144. The van der Waals surface area contributed by atoms with Crippen LogP contribution < -0.4 is 0 Å². The second-order valence-electron chi connectivity index (χ2n) is 5.85. The summed E-state index contributed by atoms with van der Waals surface area (Å²) in [5.74, 6) is -0.421. The summed E-state index contributed by atoms with van der Waals surface area (Å²) in [4.78, 5) is 14.3. The summed E-state index contributed by atoms with van der Waals surface area (Å²) < 4.78 is 0. The smallest absolute Gasteiger partial charge is 0.306 e. The van der Waals surface area contributed by atoms with Crippen molar-refractivity contribution in [2.75, 3.05) is 5.75 Å². The molecule has 0 aliphatic heterocycles. The highest BCUT2D eigenvalue weighted by atomic mass is 32.2. The number of carbonyl (C=O) groups is 1. The predicted molar refractivity (Wildman–Crippen MR) is 83.6 cm³/mol. The molecule has 1 saturated carbocycles. The number of thioether (sulfide) groups is 1. The lowest BCUT2D eigenvalue weighted by atomic mass is 9.80. The van der Waals surface area contributed by atoms with Gasteiger partial charge < -0.3 is 15.2 Å². The highest BCUT2D eigenvalue weighted by Gasteiger charge is 2.35. The van der Waals surface area contributed by atoms with E-state index in [9.17, 15) is 9.90 Å². The Kier molecular flexibility index (Phi) is 3.95. The fraction of sp³-hybridized carbons (Fsp3) is 0.438. The van der Waals surface area contributed by atoms with Crippen LogP contribution in [0.3, 0.4) is 0 Å². The summed E-state index contributed by atoms with van der Waals surface area (Å²) in [5.41, 5.74) is 0.357. The van der Waals surface area contributed by atoms with E-state index in [0.29, 0.717) is 31.4 Å². The Hall–Kier alpha value is -1.46. The Bertz CT molecular complexity index is 611. The zero-order valence-electron chi connectivity index (χ0n) is 11.7. The van der Waals surface area contributed by atoms with Crippen LogP contribution in [0.15, 0.2) is 35.4 Å². The lowest BCUT2D eigenvalue weighted by Crippen LogP contribution is -2.38. The quantitative estimate of drug-likeness (QED) is 0.758. The van der Waals surface area contributed by atoms with E-state index < -0.39 is 11.6 Å². The molecule has 112 valence electrons. The second-order valence-corrected chi connectivity index (χ2v) is 6.86. The molecule has 1 aliphatic rings. The summed E-state index contributed by atoms with van der Waals surface area (Å²) >= 11 is 1.61. The number of aliphatic hydroxyl groups is 1. The molecule has 1 aliphatic carbocycles. The maximum Gasteiger partial charge on any atom is 0.306 e. The van der Waals surface area contributed by atoms with Gasteiger partial charge in [0.25, 0.3) is 0 Å². The summed E-state index contributed by atoms with van der Waals surface area (Å²) in [7, 11) is 0. The van der Waals surface area contributed by atoms with Gasteiger partial charge in [0.1, 0.15) is 0 Å². The van der Waals surface area contributed by atoms with Gasteiger partial charge >= 0.3 is 5.97 Å². The molecule has 0 unspecified atom stereocenters. The van der Waals surface area contributed by atoms with Crippen molar-refractivity contribution >= 4 is 28.6 Å². The van der Waals surface area contributed by atoms with Gasteiger partial charge in [-0.05, 0) is 37.8 Å². The minimum absolute atomic E-state index is 0.289. The van der Waals surface area contributed by atoms with Crippen LogP contribution in [0.2, 0.25) is 0 Å². The molecule has 0 spiro atoms. The van der Waals surface area contributed by atoms with E-state index in [1.165, 1.54) is 5.39 Å². The molecular weight excluding hydrogens is 286 g/mol. The number of hydrogen-bond donors (Lipinski definition) is 3. The Labute approximate surface area is 127 Å². The Morgan fingerprint density at radius 1 is 1.33 bits per heavy atom. The standard InChI is InChI=1S/C16H19NO3S/c18-15(19)11-5-7-16(20,8-6-11)10-21-14-9-12-3-1-2-4-13(12)17-14/h1-4,9,11,17,20H,5-8,10H2,(H,18,19). The van der Waals surface area contributed by atoms with Crippen molar-refractivity contribution in [1.82, 2.24) is 4.98 Å². The van der Waals surface area contributed by atoms with Crippen molar-refractivity contribution in [1.29, 1.82) is 0 Å². The first-order chi connectivity index (χ1) is 10.1. The first kappa shape index (κ1) is 14.5. The number of hydrogen-bond acceptors (Lipinski definition) is 3. The van der Waals surface area contributed by atoms with Crippen LogP contribution in [0.5, 0.6) is 0 Å². The van der Waals surface area contributed by atoms with Gasteiger partial charge in [-0.2, -0.15) is 0 Å². The summed E-state index contributed by atoms with van der Waals surface area (Å²) in [6, 6.07) is 10.2. The monoisotopic (exact) mass is 305 g/mol. The number of carboxylic acids is 1. The molecule has 1 aromatic heterocycles. The van der Waals surface area contributed by atoms with Gasteiger partial charge in [-0.25, -0.2) is 0 Å². The Morgan fingerprint density at radius 3 is 2.71 bits per heavy atom. The number of nitrogens with one attached hydrogen (secondary N) is 1. The topological polar surface area (TPSA) is 73.3 Å². The van der Waals surface area contributed by atoms with Gasteiger partial charge in [-0.15, -0.1) is 11.8 Å². The molecular formula is C16H19NO3S. The number of aromatic amines is 1. The molecule has 5 heteroatoms. The molecule has 4 nitrogen and oxygen atoms in total. The van der Waals surface area contributed by atoms with Crippen LogP contribution in [0, 0.1) is 5.92 Å². The minimum atomic E-state index is -0.742. The number of aliphatic carboxylic acids is 1. The normalized spacial score (nSPS) is 26.0. The highest BCUT2D eigenvalue weighted by Crippen LogP contribution is 2.36. The summed E-state index contributed by atoms with van der Waals surface area (Å²) in [6.45, 7) is 0. The van der Waals surface area contributed by atoms with Crippen molar-refractivity contribution in [2.45, 2.75) is 36.3 Å².